The van der Waals surface area contributed by atoms with Gasteiger partial charge in [-0.3, -0.25) is 11.3 Å². The fourth-order valence-electron chi connectivity index (χ4n) is 1.08. The van der Waals surface area contributed by atoms with E-state index in [2.05, 4.69) is 5.43 Å². The number of rotatable bonds is 3. The van der Waals surface area contributed by atoms with Gasteiger partial charge in [-0.05, 0) is 12.1 Å². The topological polar surface area (TPSA) is 47.3 Å². The summed E-state index contributed by atoms with van der Waals surface area (Å²) in [7, 11) is 1.55. The third-order valence-electron chi connectivity index (χ3n) is 1.58. The average Bonchev–Trinajstić information content (AvgIpc) is 2.04. The van der Waals surface area contributed by atoms with Gasteiger partial charge in [-0.1, -0.05) is 23.2 Å². The van der Waals surface area contributed by atoms with Gasteiger partial charge < -0.3 is 4.74 Å². The monoisotopic (exact) mass is 220 g/mol. The van der Waals surface area contributed by atoms with E-state index in [0.717, 1.165) is 5.56 Å². The Labute approximate surface area is 86.7 Å². The van der Waals surface area contributed by atoms with Crippen LogP contribution in [0.5, 0.6) is 5.75 Å². The number of nitrogens with two attached hydrogens (primary N) is 1. The molecule has 13 heavy (non-hydrogen) atoms. The van der Waals surface area contributed by atoms with E-state index in [1.54, 1.807) is 19.2 Å². The first kappa shape index (κ1) is 10.6. The number of hydrogen-bond donors (Lipinski definition) is 2. The predicted octanol–water partition coefficient (Wildman–Crippen LogP) is 1.97. The Morgan fingerprint density at radius 3 is 2.69 bits per heavy atom. The Kier molecular flexibility index (Phi) is 3.81. The lowest BCUT2D eigenvalue weighted by atomic mass is 10.2. The summed E-state index contributed by atoms with van der Waals surface area (Å²) in [6, 6.07) is 3.38. The maximum absolute atomic E-state index is 5.89. The normalized spacial score (nSPS) is 10.2. The summed E-state index contributed by atoms with van der Waals surface area (Å²) < 4.78 is 5.10. The molecule has 0 aliphatic carbocycles. The highest BCUT2D eigenvalue weighted by Crippen LogP contribution is 2.31. The highest BCUT2D eigenvalue weighted by Gasteiger charge is 2.08. The van der Waals surface area contributed by atoms with Gasteiger partial charge in [0, 0.05) is 17.1 Å². The molecule has 0 saturated heterocycles. The van der Waals surface area contributed by atoms with Gasteiger partial charge in [0.05, 0.1) is 12.1 Å². The molecule has 0 fully saturated rings. The zero-order valence-electron chi connectivity index (χ0n) is 7.10. The van der Waals surface area contributed by atoms with Gasteiger partial charge in [0.15, 0.2) is 0 Å². The Bertz CT molecular complexity index is 304. The van der Waals surface area contributed by atoms with E-state index < -0.39 is 0 Å². The Hall–Kier alpha value is -0.480. The van der Waals surface area contributed by atoms with Crippen LogP contribution < -0.4 is 16.0 Å². The van der Waals surface area contributed by atoms with Crippen LogP contribution in [0.15, 0.2) is 12.1 Å². The van der Waals surface area contributed by atoms with Gasteiger partial charge in [-0.2, -0.15) is 0 Å². The molecule has 0 radical (unpaired) electrons. The molecule has 0 atom stereocenters. The minimum atomic E-state index is 0.462. The summed E-state index contributed by atoms with van der Waals surface area (Å²) in [6.45, 7) is 0.462. The second-order valence-electron chi connectivity index (χ2n) is 2.46. The van der Waals surface area contributed by atoms with Crippen LogP contribution >= 0.6 is 23.2 Å². The zero-order chi connectivity index (χ0) is 9.84. The summed E-state index contributed by atoms with van der Waals surface area (Å²) in [6.07, 6.45) is 0. The van der Waals surface area contributed by atoms with Crippen LogP contribution in [0, 0.1) is 0 Å². The minimum Gasteiger partial charge on any atom is -0.495 e. The molecule has 0 amide bonds. The number of methoxy groups -OCH3 is 1. The Balaban J connectivity index is 3.13. The summed E-state index contributed by atoms with van der Waals surface area (Å²) >= 11 is 11.7. The predicted molar refractivity (Wildman–Crippen MR) is 54.0 cm³/mol. The lowest BCUT2D eigenvalue weighted by Crippen LogP contribution is -2.21. The van der Waals surface area contributed by atoms with Gasteiger partial charge in [0.25, 0.3) is 0 Å². The maximum atomic E-state index is 5.89. The van der Waals surface area contributed by atoms with Crippen molar-refractivity contribution in [1.29, 1.82) is 0 Å². The number of hydrazine groups is 1. The van der Waals surface area contributed by atoms with Crippen molar-refractivity contribution in [2.24, 2.45) is 5.84 Å². The minimum absolute atomic E-state index is 0.462. The molecule has 5 heteroatoms. The van der Waals surface area contributed by atoms with Crippen LogP contribution in [0.1, 0.15) is 5.56 Å². The van der Waals surface area contributed by atoms with E-state index in [-0.39, 0.29) is 0 Å². The van der Waals surface area contributed by atoms with Crippen molar-refractivity contribution in [3.8, 4) is 5.75 Å². The van der Waals surface area contributed by atoms with Gasteiger partial charge >= 0.3 is 0 Å². The number of halogens is 2. The van der Waals surface area contributed by atoms with Crippen molar-refractivity contribution in [1.82, 2.24) is 5.43 Å². The van der Waals surface area contributed by atoms with Crippen LogP contribution in [0.4, 0.5) is 0 Å². The van der Waals surface area contributed by atoms with Crippen LogP contribution in [0.3, 0.4) is 0 Å². The first-order chi connectivity index (χ1) is 6.19. The van der Waals surface area contributed by atoms with Crippen molar-refractivity contribution in [2.75, 3.05) is 7.11 Å². The lowest BCUT2D eigenvalue weighted by Gasteiger charge is -2.10. The molecule has 0 aliphatic rings. The van der Waals surface area contributed by atoms with E-state index >= 15 is 0 Å². The molecule has 0 bridgehead atoms. The molecule has 0 spiro atoms. The summed E-state index contributed by atoms with van der Waals surface area (Å²) in [4.78, 5) is 0. The van der Waals surface area contributed by atoms with E-state index in [0.29, 0.717) is 22.3 Å². The highest BCUT2D eigenvalue weighted by molar-refractivity contribution is 6.35. The number of nitrogens with one attached hydrogen (secondary N) is 1. The molecule has 0 unspecified atom stereocenters. The van der Waals surface area contributed by atoms with Gasteiger partial charge in [0.2, 0.25) is 0 Å². The first-order valence-corrected chi connectivity index (χ1v) is 4.40. The molecular weight excluding hydrogens is 211 g/mol. The fraction of sp³-hybridized carbons (Fsp3) is 0.250. The van der Waals surface area contributed by atoms with E-state index in [9.17, 15) is 0 Å². The molecule has 0 saturated carbocycles. The molecule has 0 aromatic heterocycles. The number of hydrogen-bond acceptors (Lipinski definition) is 3. The smallest absolute Gasteiger partial charge is 0.142 e. The zero-order valence-corrected chi connectivity index (χ0v) is 8.62. The molecule has 1 rings (SSSR count). The van der Waals surface area contributed by atoms with Crippen LogP contribution in [-0.2, 0) is 6.54 Å². The van der Waals surface area contributed by atoms with E-state index in [1.807, 2.05) is 0 Å². The highest BCUT2D eigenvalue weighted by atomic mass is 35.5. The molecule has 3 N–H and O–H groups in total. The van der Waals surface area contributed by atoms with Crippen LogP contribution in [0.25, 0.3) is 0 Å². The van der Waals surface area contributed by atoms with Crippen molar-refractivity contribution in [3.63, 3.8) is 0 Å². The SMILES string of the molecule is COc1c(Cl)cc(Cl)cc1CNN. The second-order valence-corrected chi connectivity index (χ2v) is 3.30. The molecule has 1 aromatic carbocycles. The van der Waals surface area contributed by atoms with E-state index in [4.69, 9.17) is 33.8 Å². The number of ether oxygens (including phenoxy) is 1. The van der Waals surface area contributed by atoms with Crippen LogP contribution in [0.2, 0.25) is 10.0 Å². The van der Waals surface area contributed by atoms with Gasteiger partial charge in [-0.15, -0.1) is 0 Å². The lowest BCUT2D eigenvalue weighted by molar-refractivity contribution is 0.408. The van der Waals surface area contributed by atoms with Gasteiger partial charge in [-0.25, -0.2) is 0 Å². The third-order valence-corrected chi connectivity index (χ3v) is 2.08. The average molecular weight is 221 g/mol. The molecule has 72 valence electrons. The first-order valence-electron chi connectivity index (χ1n) is 3.64. The van der Waals surface area contributed by atoms with Gasteiger partial charge in [0.1, 0.15) is 5.75 Å². The molecular formula is C8H10Cl2N2O. The summed E-state index contributed by atoms with van der Waals surface area (Å²) in [5.74, 6) is 5.79. The third kappa shape index (κ3) is 2.48. The second kappa shape index (κ2) is 4.67. The van der Waals surface area contributed by atoms with Crippen molar-refractivity contribution in [3.05, 3.63) is 27.7 Å². The van der Waals surface area contributed by atoms with Crippen molar-refractivity contribution < 1.29 is 4.74 Å². The quantitative estimate of drug-likeness (QED) is 0.605. The van der Waals surface area contributed by atoms with Crippen molar-refractivity contribution >= 4 is 23.2 Å². The number of benzene rings is 1. The largest absolute Gasteiger partial charge is 0.495 e. The molecule has 3 nitrogen and oxygen atoms in total. The Morgan fingerprint density at radius 1 is 1.46 bits per heavy atom. The molecule has 0 aliphatic heterocycles. The standard InChI is InChI=1S/C8H10Cl2N2O/c1-13-8-5(4-12-11)2-6(9)3-7(8)10/h2-3,12H,4,11H2,1H3. The van der Waals surface area contributed by atoms with Crippen molar-refractivity contribution in [2.45, 2.75) is 6.54 Å². The summed E-state index contributed by atoms with van der Waals surface area (Å²) in [5.41, 5.74) is 3.35. The van der Waals surface area contributed by atoms with E-state index in [1.165, 1.54) is 0 Å². The maximum Gasteiger partial charge on any atom is 0.142 e. The molecule has 1 aromatic rings. The summed E-state index contributed by atoms with van der Waals surface area (Å²) in [5, 5.41) is 1.05. The molecule has 0 heterocycles. The fourth-order valence-corrected chi connectivity index (χ4v) is 1.70. The Morgan fingerprint density at radius 2 is 2.15 bits per heavy atom. The van der Waals surface area contributed by atoms with Crippen LogP contribution in [-0.4, -0.2) is 7.11 Å².